The second kappa shape index (κ2) is 6.40. The summed E-state index contributed by atoms with van der Waals surface area (Å²) in [6.07, 6.45) is -1.09. The van der Waals surface area contributed by atoms with E-state index in [4.69, 9.17) is 14.3 Å². The van der Waals surface area contributed by atoms with E-state index in [9.17, 15) is 14.0 Å². The van der Waals surface area contributed by atoms with Crippen molar-refractivity contribution in [3.05, 3.63) is 59.4 Å². The van der Waals surface area contributed by atoms with Gasteiger partial charge in [-0.05, 0) is 36.4 Å². The van der Waals surface area contributed by atoms with Gasteiger partial charge in [-0.15, -0.1) is 0 Å². The SMILES string of the molecule is COc1ccc(C2=C3C(=O)N(c4cccc(F)c4)C(=O)[C@H]3ON2)cc1OC. The van der Waals surface area contributed by atoms with Gasteiger partial charge in [0.25, 0.3) is 11.8 Å². The van der Waals surface area contributed by atoms with E-state index >= 15 is 0 Å². The molecule has 0 aromatic heterocycles. The molecule has 138 valence electrons. The molecule has 0 aliphatic carbocycles. The van der Waals surface area contributed by atoms with Crippen LogP contribution in [0, 0.1) is 5.82 Å². The average molecular weight is 370 g/mol. The van der Waals surface area contributed by atoms with Gasteiger partial charge in [0.2, 0.25) is 0 Å². The third kappa shape index (κ3) is 2.61. The Kier molecular flexibility index (Phi) is 4.04. The molecule has 2 aromatic carbocycles. The number of nitrogens with zero attached hydrogens (tertiary/aromatic N) is 1. The Bertz CT molecular complexity index is 988. The van der Waals surface area contributed by atoms with Gasteiger partial charge in [-0.3, -0.25) is 19.9 Å². The van der Waals surface area contributed by atoms with E-state index in [0.29, 0.717) is 22.8 Å². The highest BCUT2D eigenvalue weighted by molar-refractivity contribution is 6.33. The zero-order valence-corrected chi connectivity index (χ0v) is 14.5. The van der Waals surface area contributed by atoms with Gasteiger partial charge in [0.15, 0.2) is 17.6 Å². The molecule has 7 nitrogen and oxygen atoms in total. The summed E-state index contributed by atoms with van der Waals surface area (Å²) in [6, 6.07) is 10.4. The number of hydrogen-bond donors (Lipinski definition) is 1. The van der Waals surface area contributed by atoms with Crippen LogP contribution in [0.1, 0.15) is 5.56 Å². The number of halogens is 1. The lowest BCUT2D eigenvalue weighted by molar-refractivity contribution is -0.127. The van der Waals surface area contributed by atoms with Gasteiger partial charge < -0.3 is 9.47 Å². The summed E-state index contributed by atoms with van der Waals surface area (Å²) in [5.41, 5.74) is 3.92. The molecule has 2 heterocycles. The van der Waals surface area contributed by atoms with Crippen LogP contribution in [0.15, 0.2) is 48.0 Å². The van der Waals surface area contributed by atoms with E-state index < -0.39 is 23.7 Å². The second-order valence-corrected chi connectivity index (χ2v) is 5.92. The van der Waals surface area contributed by atoms with Crippen molar-refractivity contribution in [3.63, 3.8) is 0 Å². The van der Waals surface area contributed by atoms with E-state index in [1.54, 1.807) is 18.2 Å². The maximum Gasteiger partial charge on any atom is 0.270 e. The van der Waals surface area contributed by atoms with Crippen LogP contribution in [-0.2, 0) is 14.4 Å². The second-order valence-electron chi connectivity index (χ2n) is 5.92. The molecule has 0 spiro atoms. The van der Waals surface area contributed by atoms with Crippen molar-refractivity contribution >= 4 is 23.2 Å². The molecule has 2 aliphatic heterocycles. The van der Waals surface area contributed by atoms with E-state index in [1.165, 1.54) is 32.4 Å². The summed E-state index contributed by atoms with van der Waals surface area (Å²) in [4.78, 5) is 31.8. The van der Waals surface area contributed by atoms with Crippen LogP contribution < -0.4 is 19.9 Å². The maximum absolute atomic E-state index is 13.5. The summed E-state index contributed by atoms with van der Waals surface area (Å²) < 4.78 is 24.0. The highest BCUT2D eigenvalue weighted by Crippen LogP contribution is 2.38. The molecule has 2 amide bonds. The lowest BCUT2D eigenvalue weighted by Gasteiger charge is -2.16. The summed E-state index contributed by atoms with van der Waals surface area (Å²) in [5, 5.41) is 0. The molecular formula is C19H15FN2O5. The zero-order chi connectivity index (χ0) is 19.1. The first-order valence-corrected chi connectivity index (χ1v) is 8.07. The number of anilines is 1. The Labute approximate surface area is 153 Å². The van der Waals surface area contributed by atoms with Crippen LogP contribution >= 0.6 is 0 Å². The molecule has 2 aliphatic rings. The Morgan fingerprint density at radius 2 is 1.85 bits per heavy atom. The molecule has 27 heavy (non-hydrogen) atoms. The van der Waals surface area contributed by atoms with Gasteiger partial charge in [-0.25, -0.2) is 9.29 Å². The monoisotopic (exact) mass is 370 g/mol. The number of carbonyl (C=O) groups excluding carboxylic acids is 2. The standard InChI is InChI=1S/C19H15FN2O5/c1-25-13-7-6-10(8-14(13)26-2)16-15-17(27-21-16)19(24)22(18(15)23)12-5-3-4-11(20)9-12/h3-9,17,21H,1-2H3/t17-/m0/s1. The minimum absolute atomic E-state index is 0.155. The number of hydrogen-bond acceptors (Lipinski definition) is 6. The average Bonchev–Trinajstić information content (AvgIpc) is 3.21. The largest absolute Gasteiger partial charge is 0.493 e. The molecule has 1 N–H and O–H groups in total. The lowest BCUT2D eigenvalue weighted by atomic mass is 10.0. The zero-order valence-electron chi connectivity index (χ0n) is 14.5. The molecule has 1 fully saturated rings. The number of hydroxylamine groups is 1. The number of amides is 2. The molecule has 4 rings (SSSR count). The molecule has 2 aromatic rings. The molecule has 0 unspecified atom stereocenters. The molecule has 0 radical (unpaired) electrons. The van der Waals surface area contributed by atoms with Gasteiger partial charge in [-0.1, -0.05) is 6.07 Å². The smallest absolute Gasteiger partial charge is 0.270 e. The number of rotatable bonds is 4. The van der Waals surface area contributed by atoms with Crippen molar-refractivity contribution in [1.82, 2.24) is 5.48 Å². The quantitative estimate of drug-likeness (QED) is 0.830. The third-order valence-corrected chi connectivity index (χ3v) is 4.43. The lowest BCUT2D eigenvalue weighted by Crippen LogP contribution is -2.34. The van der Waals surface area contributed by atoms with Gasteiger partial charge in [-0.2, -0.15) is 0 Å². The summed E-state index contributed by atoms with van der Waals surface area (Å²) in [6.45, 7) is 0. The van der Waals surface area contributed by atoms with E-state index in [2.05, 4.69) is 5.48 Å². The van der Waals surface area contributed by atoms with E-state index in [0.717, 1.165) is 11.0 Å². The van der Waals surface area contributed by atoms with Crippen molar-refractivity contribution in [3.8, 4) is 11.5 Å². The molecular weight excluding hydrogens is 355 g/mol. The first-order chi connectivity index (χ1) is 13.0. The fourth-order valence-corrected chi connectivity index (χ4v) is 3.16. The van der Waals surface area contributed by atoms with Crippen molar-refractivity contribution < 1.29 is 28.3 Å². The first kappa shape index (κ1) is 17.0. The molecule has 0 bridgehead atoms. The molecule has 8 heteroatoms. The highest BCUT2D eigenvalue weighted by atomic mass is 19.1. The minimum Gasteiger partial charge on any atom is -0.493 e. The predicted octanol–water partition coefficient (Wildman–Crippen LogP) is 2.03. The normalized spacial score (nSPS) is 18.6. The number of fused-ring (bicyclic) bond motifs is 1. The van der Waals surface area contributed by atoms with Crippen LogP contribution in [0.3, 0.4) is 0 Å². The minimum atomic E-state index is -1.09. The fraction of sp³-hybridized carbons (Fsp3) is 0.158. The Morgan fingerprint density at radius 3 is 2.56 bits per heavy atom. The van der Waals surface area contributed by atoms with Crippen molar-refractivity contribution in [2.75, 3.05) is 19.1 Å². The molecule has 1 saturated heterocycles. The van der Waals surface area contributed by atoms with Crippen LogP contribution in [0.25, 0.3) is 5.70 Å². The van der Waals surface area contributed by atoms with Crippen LogP contribution in [-0.4, -0.2) is 32.1 Å². The Morgan fingerprint density at radius 1 is 1.07 bits per heavy atom. The van der Waals surface area contributed by atoms with Gasteiger partial charge in [0, 0.05) is 5.56 Å². The fourth-order valence-electron chi connectivity index (χ4n) is 3.16. The Balaban J connectivity index is 1.78. The summed E-state index contributed by atoms with van der Waals surface area (Å²) in [7, 11) is 3.01. The number of ether oxygens (including phenoxy) is 2. The van der Waals surface area contributed by atoms with Gasteiger partial charge in [0.05, 0.1) is 31.2 Å². The van der Waals surface area contributed by atoms with E-state index in [1.807, 2.05) is 0 Å². The van der Waals surface area contributed by atoms with Crippen molar-refractivity contribution in [1.29, 1.82) is 0 Å². The summed E-state index contributed by atoms with van der Waals surface area (Å²) >= 11 is 0. The van der Waals surface area contributed by atoms with Gasteiger partial charge >= 0.3 is 0 Å². The van der Waals surface area contributed by atoms with Crippen molar-refractivity contribution in [2.45, 2.75) is 6.10 Å². The predicted molar refractivity (Wildman–Crippen MR) is 93.4 cm³/mol. The van der Waals surface area contributed by atoms with Crippen LogP contribution in [0.2, 0.25) is 0 Å². The maximum atomic E-state index is 13.5. The number of imide groups is 1. The number of benzene rings is 2. The number of nitrogens with one attached hydrogen (secondary N) is 1. The van der Waals surface area contributed by atoms with Crippen LogP contribution in [0.4, 0.5) is 10.1 Å². The third-order valence-electron chi connectivity index (χ3n) is 4.43. The molecule has 0 saturated carbocycles. The highest BCUT2D eigenvalue weighted by Gasteiger charge is 2.50. The first-order valence-electron chi connectivity index (χ1n) is 8.07. The van der Waals surface area contributed by atoms with Crippen molar-refractivity contribution in [2.24, 2.45) is 0 Å². The number of methoxy groups -OCH3 is 2. The summed E-state index contributed by atoms with van der Waals surface area (Å²) in [5.74, 6) is -0.697. The number of carbonyl (C=O) groups is 2. The van der Waals surface area contributed by atoms with E-state index in [-0.39, 0.29) is 11.3 Å². The Hall–Kier alpha value is -3.39. The molecule has 1 atom stereocenters. The van der Waals surface area contributed by atoms with Crippen LogP contribution in [0.5, 0.6) is 11.5 Å². The van der Waals surface area contributed by atoms with Gasteiger partial charge in [0.1, 0.15) is 5.82 Å². The topological polar surface area (TPSA) is 77.1 Å².